The molecular formula is C17H26N2O3S. The van der Waals surface area contributed by atoms with Gasteiger partial charge >= 0.3 is 0 Å². The van der Waals surface area contributed by atoms with E-state index in [1.54, 1.807) is 0 Å². The number of hydrogen-bond donors (Lipinski definition) is 2. The maximum Gasteiger partial charge on any atom is 0.263 e. The summed E-state index contributed by atoms with van der Waals surface area (Å²) in [7, 11) is 0. The Bertz CT molecular complexity index is 540. The minimum absolute atomic E-state index is 0.0955. The van der Waals surface area contributed by atoms with Crippen LogP contribution in [0.3, 0.4) is 0 Å². The Morgan fingerprint density at radius 1 is 1.26 bits per heavy atom. The topological polar surface area (TPSA) is 64.0 Å². The highest BCUT2D eigenvalue weighted by Gasteiger charge is 2.36. The first kappa shape index (κ1) is 16.9. The van der Waals surface area contributed by atoms with Crippen molar-refractivity contribution in [3.63, 3.8) is 0 Å². The van der Waals surface area contributed by atoms with E-state index in [4.69, 9.17) is 0 Å². The van der Waals surface area contributed by atoms with Gasteiger partial charge in [0.05, 0.1) is 11.0 Å². The average molecular weight is 338 g/mol. The number of thiophene rings is 1. The second-order valence-electron chi connectivity index (χ2n) is 6.85. The van der Waals surface area contributed by atoms with Crippen molar-refractivity contribution in [1.82, 2.24) is 9.80 Å². The summed E-state index contributed by atoms with van der Waals surface area (Å²) >= 11 is 1.54. The molecule has 2 fully saturated rings. The van der Waals surface area contributed by atoms with Crippen LogP contribution < -0.4 is 0 Å². The van der Waals surface area contributed by atoms with Crippen molar-refractivity contribution in [3.05, 3.63) is 21.9 Å². The molecule has 1 aromatic rings. The van der Waals surface area contributed by atoms with Gasteiger partial charge in [-0.3, -0.25) is 4.79 Å². The van der Waals surface area contributed by atoms with Crippen LogP contribution in [0.15, 0.2) is 12.1 Å². The third-order valence-electron chi connectivity index (χ3n) is 5.10. The molecule has 6 heteroatoms. The van der Waals surface area contributed by atoms with E-state index in [0.717, 1.165) is 48.8 Å². The van der Waals surface area contributed by atoms with Crippen LogP contribution in [0.1, 0.15) is 27.4 Å². The fourth-order valence-corrected chi connectivity index (χ4v) is 4.49. The van der Waals surface area contributed by atoms with Crippen LogP contribution in [0.5, 0.6) is 0 Å². The SMILES string of the molecule is Cc1ccc(C(=O)N2C[C@@H](CO)[C@@H](CN3CCC(O)CC3)C2)s1. The molecule has 0 saturated carbocycles. The number of aliphatic hydroxyl groups is 2. The number of carbonyl (C=O) groups is 1. The van der Waals surface area contributed by atoms with Gasteiger partial charge in [-0.25, -0.2) is 0 Å². The Balaban J connectivity index is 1.60. The number of aliphatic hydroxyl groups excluding tert-OH is 2. The summed E-state index contributed by atoms with van der Waals surface area (Å²) in [6, 6.07) is 3.88. The fraction of sp³-hybridized carbons (Fsp3) is 0.706. The van der Waals surface area contributed by atoms with E-state index in [2.05, 4.69) is 4.90 Å². The molecule has 0 aromatic carbocycles. The summed E-state index contributed by atoms with van der Waals surface area (Å²) in [4.78, 5) is 18.8. The second-order valence-corrected chi connectivity index (χ2v) is 8.14. The monoisotopic (exact) mass is 338 g/mol. The quantitative estimate of drug-likeness (QED) is 0.866. The van der Waals surface area contributed by atoms with E-state index in [-0.39, 0.29) is 24.5 Å². The lowest BCUT2D eigenvalue weighted by atomic mass is 9.95. The molecule has 0 aliphatic carbocycles. The maximum absolute atomic E-state index is 12.6. The summed E-state index contributed by atoms with van der Waals surface area (Å²) in [5.74, 6) is 0.574. The molecule has 128 valence electrons. The number of aryl methyl sites for hydroxylation is 1. The summed E-state index contributed by atoms with van der Waals surface area (Å²) in [6.07, 6.45) is 1.49. The molecule has 0 radical (unpaired) electrons. The first-order valence-corrected chi connectivity index (χ1v) is 9.25. The summed E-state index contributed by atoms with van der Waals surface area (Å²) in [5, 5.41) is 19.3. The normalized spacial score (nSPS) is 26.8. The van der Waals surface area contributed by atoms with Gasteiger partial charge in [-0.1, -0.05) is 0 Å². The molecule has 2 saturated heterocycles. The standard InChI is InChI=1S/C17H26N2O3S/c1-12-2-3-16(23-12)17(22)19-9-13(14(10-19)11-20)8-18-6-4-15(21)5-7-18/h2-3,13-15,20-21H,4-11H2,1H3/t13-,14-/m0/s1. The number of piperidine rings is 1. The van der Waals surface area contributed by atoms with E-state index in [1.165, 1.54) is 11.3 Å². The van der Waals surface area contributed by atoms with Crippen LogP contribution in [0.2, 0.25) is 0 Å². The molecule has 1 amide bonds. The number of nitrogens with zero attached hydrogens (tertiary/aromatic N) is 2. The highest BCUT2D eigenvalue weighted by molar-refractivity contribution is 7.13. The van der Waals surface area contributed by atoms with E-state index in [0.29, 0.717) is 12.5 Å². The molecule has 0 unspecified atom stereocenters. The number of hydrogen-bond acceptors (Lipinski definition) is 5. The first-order chi connectivity index (χ1) is 11.1. The van der Waals surface area contributed by atoms with Crippen molar-refractivity contribution in [3.8, 4) is 0 Å². The minimum Gasteiger partial charge on any atom is -0.396 e. The molecule has 3 heterocycles. The van der Waals surface area contributed by atoms with Crippen molar-refractivity contribution in [2.75, 3.05) is 39.3 Å². The molecule has 2 aliphatic rings. The molecule has 0 bridgehead atoms. The Labute approximate surface area is 141 Å². The number of amides is 1. The second kappa shape index (κ2) is 7.30. The molecule has 1 aromatic heterocycles. The first-order valence-electron chi connectivity index (χ1n) is 8.44. The Hall–Kier alpha value is -0.950. The van der Waals surface area contributed by atoms with Crippen molar-refractivity contribution in [1.29, 1.82) is 0 Å². The molecule has 3 rings (SSSR count). The van der Waals surface area contributed by atoms with E-state index >= 15 is 0 Å². The van der Waals surface area contributed by atoms with Gasteiger partial charge < -0.3 is 20.0 Å². The minimum atomic E-state index is -0.163. The van der Waals surface area contributed by atoms with Crippen LogP contribution in [0, 0.1) is 18.8 Å². The molecule has 2 atom stereocenters. The zero-order chi connectivity index (χ0) is 16.4. The number of likely N-dealkylation sites (tertiary alicyclic amines) is 2. The smallest absolute Gasteiger partial charge is 0.263 e. The third kappa shape index (κ3) is 3.94. The van der Waals surface area contributed by atoms with Gasteiger partial charge in [0.25, 0.3) is 5.91 Å². The highest BCUT2D eigenvalue weighted by atomic mass is 32.1. The Morgan fingerprint density at radius 2 is 1.96 bits per heavy atom. The van der Waals surface area contributed by atoms with Gasteiger partial charge in [-0.2, -0.15) is 0 Å². The average Bonchev–Trinajstić information content (AvgIpc) is 3.15. The predicted molar refractivity (Wildman–Crippen MR) is 90.7 cm³/mol. The maximum atomic E-state index is 12.6. The predicted octanol–water partition coefficient (Wildman–Crippen LogP) is 1.19. The van der Waals surface area contributed by atoms with Crippen molar-refractivity contribution < 1.29 is 15.0 Å². The van der Waals surface area contributed by atoms with Gasteiger partial charge in [0.15, 0.2) is 0 Å². The molecule has 23 heavy (non-hydrogen) atoms. The van der Waals surface area contributed by atoms with Crippen LogP contribution in [0.4, 0.5) is 0 Å². The van der Waals surface area contributed by atoms with Crippen molar-refractivity contribution >= 4 is 17.2 Å². The van der Waals surface area contributed by atoms with Crippen molar-refractivity contribution in [2.45, 2.75) is 25.9 Å². The van der Waals surface area contributed by atoms with Crippen molar-refractivity contribution in [2.24, 2.45) is 11.8 Å². The van der Waals surface area contributed by atoms with Gasteiger partial charge in [0, 0.05) is 50.1 Å². The van der Waals surface area contributed by atoms with E-state index in [9.17, 15) is 15.0 Å². The van der Waals surface area contributed by atoms with E-state index < -0.39 is 0 Å². The molecule has 5 nitrogen and oxygen atoms in total. The van der Waals surface area contributed by atoms with Crippen LogP contribution >= 0.6 is 11.3 Å². The van der Waals surface area contributed by atoms with Crippen LogP contribution in [-0.2, 0) is 0 Å². The zero-order valence-corrected chi connectivity index (χ0v) is 14.5. The molecule has 0 spiro atoms. The Morgan fingerprint density at radius 3 is 2.57 bits per heavy atom. The fourth-order valence-electron chi connectivity index (χ4n) is 3.66. The van der Waals surface area contributed by atoms with Crippen LogP contribution in [0.25, 0.3) is 0 Å². The lowest BCUT2D eigenvalue weighted by Crippen LogP contribution is -2.40. The van der Waals surface area contributed by atoms with E-state index in [1.807, 2.05) is 24.0 Å². The number of rotatable bonds is 4. The molecule has 2 N–H and O–H groups in total. The molecule has 2 aliphatic heterocycles. The van der Waals surface area contributed by atoms with Gasteiger partial charge in [0.1, 0.15) is 0 Å². The van der Waals surface area contributed by atoms with Gasteiger partial charge in [0.2, 0.25) is 0 Å². The largest absolute Gasteiger partial charge is 0.396 e. The lowest BCUT2D eigenvalue weighted by Gasteiger charge is -2.32. The lowest BCUT2D eigenvalue weighted by molar-refractivity contribution is 0.0679. The highest BCUT2D eigenvalue weighted by Crippen LogP contribution is 2.28. The zero-order valence-electron chi connectivity index (χ0n) is 13.6. The van der Waals surface area contributed by atoms with Crippen LogP contribution in [-0.4, -0.2) is 71.4 Å². The summed E-state index contributed by atoms with van der Waals surface area (Å²) in [5.41, 5.74) is 0. The van der Waals surface area contributed by atoms with Gasteiger partial charge in [-0.05, 0) is 37.8 Å². The van der Waals surface area contributed by atoms with Gasteiger partial charge in [-0.15, -0.1) is 11.3 Å². The number of carbonyl (C=O) groups excluding carboxylic acids is 1. The Kier molecular flexibility index (Phi) is 5.36. The summed E-state index contributed by atoms with van der Waals surface area (Å²) in [6.45, 7) is 6.24. The molecular weight excluding hydrogens is 312 g/mol. The summed E-state index contributed by atoms with van der Waals surface area (Å²) < 4.78 is 0. The third-order valence-corrected chi connectivity index (χ3v) is 6.09.